The summed E-state index contributed by atoms with van der Waals surface area (Å²) in [5.41, 5.74) is 0. The highest BCUT2D eigenvalue weighted by molar-refractivity contribution is 7.99. The van der Waals surface area contributed by atoms with Crippen molar-refractivity contribution >= 4 is 11.8 Å². The molecule has 1 aliphatic rings. The molecule has 1 nitrogen and oxygen atoms in total. The third kappa shape index (κ3) is 2.66. The molecule has 1 aliphatic heterocycles. The molecule has 0 saturated carbocycles. The second-order valence-electron chi connectivity index (χ2n) is 3.27. The van der Waals surface area contributed by atoms with Crippen LogP contribution in [0, 0.1) is 12.0 Å². The Morgan fingerprint density at radius 1 is 1.54 bits per heavy atom. The molecule has 1 heterocycles. The fraction of sp³-hybridized carbons (Fsp3) is 0.455. The highest BCUT2D eigenvalue weighted by Gasteiger charge is 2.15. The lowest BCUT2D eigenvalue weighted by molar-refractivity contribution is 0.263. The van der Waals surface area contributed by atoms with Gasteiger partial charge in [0.15, 0.2) is 0 Å². The average molecular weight is 193 g/mol. The quantitative estimate of drug-likeness (QED) is 0.729. The normalized spacial score (nSPS) is 21.7. The second kappa shape index (κ2) is 4.56. The van der Waals surface area contributed by atoms with E-state index in [4.69, 9.17) is 4.74 Å². The zero-order chi connectivity index (χ0) is 8.93. The summed E-state index contributed by atoms with van der Waals surface area (Å²) in [6.07, 6.45) is 1.30. The van der Waals surface area contributed by atoms with E-state index in [9.17, 15) is 0 Å². The van der Waals surface area contributed by atoms with Crippen LogP contribution >= 0.6 is 11.8 Å². The maximum atomic E-state index is 5.62. The van der Waals surface area contributed by atoms with Gasteiger partial charge in [-0.2, -0.15) is 11.8 Å². The zero-order valence-electron chi connectivity index (χ0n) is 7.53. The van der Waals surface area contributed by atoms with Crippen molar-refractivity contribution in [3.63, 3.8) is 0 Å². The number of hydrogen-bond acceptors (Lipinski definition) is 2. The minimum atomic E-state index is 0.749. The van der Waals surface area contributed by atoms with Gasteiger partial charge in [-0.15, -0.1) is 0 Å². The van der Waals surface area contributed by atoms with E-state index >= 15 is 0 Å². The monoisotopic (exact) mass is 193 g/mol. The van der Waals surface area contributed by atoms with Gasteiger partial charge in [-0.05, 0) is 24.0 Å². The Balaban J connectivity index is 1.79. The lowest BCUT2D eigenvalue weighted by Crippen LogP contribution is -2.10. The van der Waals surface area contributed by atoms with Crippen molar-refractivity contribution < 1.29 is 4.74 Å². The zero-order valence-corrected chi connectivity index (χ0v) is 8.35. The molecular weight excluding hydrogens is 180 g/mol. The van der Waals surface area contributed by atoms with Crippen molar-refractivity contribution in [2.75, 3.05) is 18.1 Å². The lowest BCUT2D eigenvalue weighted by atomic mass is 10.1. The first-order valence-electron chi connectivity index (χ1n) is 4.62. The van der Waals surface area contributed by atoms with Gasteiger partial charge in [0.2, 0.25) is 0 Å². The van der Waals surface area contributed by atoms with Gasteiger partial charge in [-0.3, -0.25) is 0 Å². The highest BCUT2D eigenvalue weighted by atomic mass is 32.2. The van der Waals surface area contributed by atoms with Crippen LogP contribution in [0.1, 0.15) is 6.42 Å². The maximum Gasteiger partial charge on any atom is 0.127 e. The van der Waals surface area contributed by atoms with E-state index in [1.165, 1.54) is 17.9 Å². The SMILES string of the molecule is [c]1ccccc1OCC1CCSC1. The van der Waals surface area contributed by atoms with E-state index in [-0.39, 0.29) is 0 Å². The molecule has 2 heteroatoms. The standard InChI is InChI=1S/C11H13OS/c1-2-4-11(5-3-1)12-8-10-6-7-13-9-10/h1-4,10H,6-9H2. The van der Waals surface area contributed by atoms with E-state index in [0.717, 1.165) is 18.3 Å². The molecule has 0 amide bonds. The average Bonchev–Trinajstić information content (AvgIpc) is 2.69. The van der Waals surface area contributed by atoms with Crippen molar-refractivity contribution in [1.82, 2.24) is 0 Å². The van der Waals surface area contributed by atoms with Gasteiger partial charge in [-0.1, -0.05) is 18.2 Å². The van der Waals surface area contributed by atoms with Gasteiger partial charge in [0, 0.05) is 12.0 Å². The van der Waals surface area contributed by atoms with Crippen molar-refractivity contribution in [3.05, 3.63) is 30.3 Å². The molecule has 0 spiro atoms. The van der Waals surface area contributed by atoms with Crippen LogP contribution in [0.4, 0.5) is 0 Å². The molecule has 2 rings (SSSR count). The molecule has 0 aliphatic carbocycles. The minimum Gasteiger partial charge on any atom is -0.493 e. The third-order valence-corrected chi connectivity index (χ3v) is 3.41. The number of ether oxygens (including phenoxy) is 1. The van der Waals surface area contributed by atoms with Gasteiger partial charge in [0.1, 0.15) is 5.75 Å². The Kier molecular flexibility index (Phi) is 3.14. The molecule has 1 fully saturated rings. The Hall–Kier alpha value is -0.630. The summed E-state index contributed by atoms with van der Waals surface area (Å²) in [6, 6.07) is 10.8. The number of hydrogen-bond donors (Lipinski definition) is 0. The second-order valence-corrected chi connectivity index (χ2v) is 4.42. The third-order valence-electron chi connectivity index (χ3n) is 2.18. The van der Waals surface area contributed by atoms with Crippen molar-refractivity contribution in [2.45, 2.75) is 6.42 Å². The van der Waals surface area contributed by atoms with Crippen LogP contribution in [0.25, 0.3) is 0 Å². The molecule has 13 heavy (non-hydrogen) atoms. The Morgan fingerprint density at radius 2 is 2.54 bits per heavy atom. The minimum absolute atomic E-state index is 0.749. The van der Waals surface area contributed by atoms with Crippen molar-refractivity contribution in [3.8, 4) is 5.75 Å². The van der Waals surface area contributed by atoms with Crippen molar-refractivity contribution in [1.29, 1.82) is 0 Å². The smallest absolute Gasteiger partial charge is 0.127 e. The molecular formula is C11H13OS. The summed E-state index contributed by atoms with van der Waals surface area (Å²) in [7, 11) is 0. The molecule has 1 atom stereocenters. The van der Waals surface area contributed by atoms with Crippen LogP contribution in [0.2, 0.25) is 0 Å². The van der Waals surface area contributed by atoms with E-state index in [1.807, 2.05) is 36.0 Å². The number of para-hydroxylation sites is 1. The number of benzene rings is 1. The van der Waals surface area contributed by atoms with Crippen LogP contribution in [-0.2, 0) is 0 Å². The largest absolute Gasteiger partial charge is 0.493 e. The topological polar surface area (TPSA) is 9.23 Å². The van der Waals surface area contributed by atoms with Gasteiger partial charge < -0.3 is 4.74 Å². The first-order valence-corrected chi connectivity index (χ1v) is 5.78. The predicted octanol–water partition coefficient (Wildman–Crippen LogP) is 2.62. The van der Waals surface area contributed by atoms with Crippen LogP contribution in [0.3, 0.4) is 0 Å². The van der Waals surface area contributed by atoms with E-state index in [0.29, 0.717) is 0 Å². The summed E-state index contributed by atoms with van der Waals surface area (Å²) >= 11 is 2.03. The summed E-state index contributed by atoms with van der Waals surface area (Å²) < 4.78 is 5.62. The highest BCUT2D eigenvalue weighted by Crippen LogP contribution is 2.24. The molecule has 1 aromatic carbocycles. The molecule has 1 unspecified atom stereocenters. The first-order chi connectivity index (χ1) is 6.45. The molecule has 1 saturated heterocycles. The molecule has 0 N–H and O–H groups in total. The van der Waals surface area contributed by atoms with Crippen molar-refractivity contribution in [2.24, 2.45) is 5.92 Å². The molecule has 1 radical (unpaired) electrons. The summed E-state index contributed by atoms with van der Waals surface area (Å²) in [5.74, 6) is 4.18. The van der Waals surface area contributed by atoms with Gasteiger partial charge in [0.05, 0.1) is 6.61 Å². The van der Waals surface area contributed by atoms with Crippen LogP contribution in [0.15, 0.2) is 24.3 Å². The number of rotatable bonds is 3. The Labute approximate surface area is 83.5 Å². The van der Waals surface area contributed by atoms with E-state index < -0.39 is 0 Å². The van der Waals surface area contributed by atoms with Crippen LogP contribution < -0.4 is 4.74 Å². The van der Waals surface area contributed by atoms with Gasteiger partial charge in [0.25, 0.3) is 0 Å². The fourth-order valence-electron chi connectivity index (χ4n) is 1.39. The number of thioether (sulfide) groups is 1. The molecule has 1 aromatic rings. The van der Waals surface area contributed by atoms with Gasteiger partial charge >= 0.3 is 0 Å². The summed E-state index contributed by atoms with van der Waals surface area (Å²) in [4.78, 5) is 0. The lowest BCUT2D eigenvalue weighted by Gasteiger charge is -2.09. The molecule has 0 aromatic heterocycles. The van der Waals surface area contributed by atoms with Crippen LogP contribution in [0.5, 0.6) is 5.75 Å². The fourth-order valence-corrected chi connectivity index (χ4v) is 2.65. The maximum absolute atomic E-state index is 5.62. The summed E-state index contributed by atoms with van der Waals surface area (Å²) in [5, 5.41) is 0. The molecule has 0 bridgehead atoms. The first kappa shape index (κ1) is 8.95. The van der Waals surface area contributed by atoms with Crippen LogP contribution in [-0.4, -0.2) is 18.1 Å². The summed E-state index contributed by atoms with van der Waals surface area (Å²) in [6.45, 7) is 0.855. The Bertz CT molecular complexity index is 242. The van der Waals surface area contributed by atoms with Gasteiger partial charge in [-0.25, -0.2) is 0 Å². The van der Waals surface area contributed by atoms with E-state index in [2.05, 4.69) is 6.07 Å². The van der Waals surface area contributed by atoms with E-state index in [1.54, 1.807) is 0 Å². The molecule has 69 valence electrons. The Morgan fingerprint density at radius 3 is 3.23 bits per heavy atom. The predicted molar refractivity (Wildman–Crippen MR) is 56.2 cm³/mol.